The fourth-order valence-electron chi connectivity index (χ4n) is 3.94. The summed E-state index contributed by atoms with van der Waals surface area (Å²) in [4.78, 5) is 27.5. The second kappa shape index (κ2) is 8.05. The van der Waals surface area contributed by atoms with Crippen molar-refractivity contribution >= 4 is 11.8 Å². The van der Waals surface area contributed by atoms with Crippen LogP contribution in [0.25, 0.3) is 0 Å². The van der Waals surface area contributed by atoms with Crippen molar-refractivity contribution < 1.29 is 14.3 Å². The Balaban J connectivity index is 1.50. The Labute approximate surface area is 165 Å². The number of ether oxygens (including phenoxy) is 1. The Morgan fingerprint density at radius 3 is 2.39 bits per heavy atom. The van der Waals surface area contributed by atoms with Crippen LogP contribution in [0.5, 0.6) is 5.75 Å². The molecule has 0 bridgehead atoms. The number of rotatable bonds is 6. The van der Waals surface area contributed by atoms with E-state index in [2.05, 4.69) is 5.32 Å². The van der Waals surface area contributed by atoms with Gasteiger partial charge in [0.15, 0.2) is 0 Å². The van der Waals surface area contributed by atoms with Crippen molar-refractivity contribution in [2.24, 2.45) is 11.8 Å². The van der Waals surface area contributed by atoms with Gasteiger partial charge < -0.3 is 15.0 Å². The summed E-state index contributed by atoms with van der Waals surface area (Å²) in [6.07, 6.45) is 1.96. The zero-order chi connectivity index (χ0) is 19.5. The lowest BCUT2D eigenvalue weighted by molar-refractivity contribution is -0.132. The van der Waals surface area contributed by atoms with E-state index >= 15 is 0 Å². The van der Waals surface area contributed by atoms with Crippen molar-refractivity contribution in [1.29, 1.82) is 0 Å². The van der Waals surface area contributed by atoms with Crippen LogP contribution < -0.4 is 10.1 Å². The molecule has 4 rings (SSSR count). The molecule has 2 atom stereocenters. The highest BCUT2D eigenvalue weighted by Crippen LogP contribution is 2.38. The number of carbonyl (C=O) groups is 2. The average molecular weight is 378 g/mol. The molecule has 2 aromatic rings. The number of nitrogens with one attached hydrogen (secondary N) is 1. The summed E-state index contributed by atoms with van der Waals surface area (Å²) >= 11 is 0. The van der Waals surface area contributed by atoms with E-state index in [1.54, 1.807) is 7.11 Å². The van der Waals surface area contributed by atoms with Crippen molar-refractivity contribution in [2.75, 3.05) is 20.2 Å². The zero-order valence-corrected chi connectivity index (χ0v) is 16.1. The molecule has 5 heteroatoms. The number of hydrogen-bond donors (Lipinski definition) is 1. The van der Waals surface area contributed by atoms with Crippen LogP contribution in [0.15, 0.2) is 54.6 Å². The third-order valence-electron chi connectivity index (χ3n) is 5.75. The Hall–Kier alpha value is -2.82. The third kappa shape index (κ3) is 4.03. The fraction of sp³-hybridized carbons (Fsp3) is 0.391. The number of methoxy groups -OCH3 is 1. The number of nitrogens with zero attached hydrogens (tertiary/aromatic N) is 1. The average Bonchev–Trinajstić information content (AvgIpc) is 3.50. The molecule has 1 aliphatic heterocycles. The number of benzene rings is 2. The Morgan fingerprint density at radius 1 is 1.04 bits per heavy atom. The van der Waals surface area contributed by atoms with E-state index in [1.165, 1.54) is 0 Å². The van der Waals surface area contributed by atoms with E-state index in [0.717, 1.165) is 29.7 Å². The van der Waals surface area contributed by atoms with Gasteiger partial charge in [0.2, 0.25) is 11.8 Å². The molecule has 1 saturated carbocycles. The summed E-state index contributed by atoms with van der Waals surface area (Å²) in [5, 5.41) is 3.07. The summed E-state index contributed by atoms with van der Waals surface area (Å²) in [7, 11) is 1.64. The van der Waals surface area contributed by atoms with Crippen molar-refractivity contribution in [2.45, 2.75) is 25.3 Å². The molecule has 0 radical (unpaired) electrons. The van der Waals surface area contributed by atoms with Crippen LogP contribution >= 0.6 is 0 Å². The molecule has 1 aliphatic carbocycles. The molecular weight excluding hydrogens is 352 g/mol. The molecule has 0 spiro atoms. The first-order valence-corrected chi connectivity index (χ1v) is 9.90. The van der Waals surface area contributed by atoms with E-state index in [9.17, 15) is 9.59 Å². The molecule has 28 heavy (non-hydrogen) atoms. The minimum atomic E-state index is -0.236. The van der Waals surface area contributed by atoms with Gasteiger partial charge in [-0.3, -0.25) is 9.59 Å². The molecule has 1 heterocycles. The van der Waals surface area contributed by atoms with Gasteiger partial charge in [0.05, 0.1) is 13.0 Å². The van der Waals surface area contributed by atoms with Crippen LogP contribution in [0.3, 0.4) is 0 Å². The van der Waals surface area contributed by atoms with Gasteiger partial charge in [-0.25, -0.2) is 0 Å². The summed E-state index contributed by atoms with van der Waals surface area (Å²) in [6, 6.07) is 17.7. The van der Waals surface area contributed by atoms with Crippen LogP contribution in [0, 0.1) is 11.8 Å². The number of amides is 2. The lowest BCUT2D eigenvalue weighted by atomic mass is 9.88. The van der Waals surface area contributed by atoms with Gasteiger partial charge in [0.25, 0.3) is 0 Å². The summed E-state index contributed by atoms with van der Waals surface area (Å²) in [6.45, 7) is 1.60. The fourth-order valence-corrected chi connectivity index (χ4v) is 3.94. The van der Waals surface area contributed by atoms with Gasteiger partial charge in [-0.15, -0.1) is 0 Å². The standard InChI is InChI=1S/C23H26N2O3/c1-28-19-11-9-17(10-12-19)20-14-25(23(27)18-7-8-18)15-21(20)22(26)24-13-16-5-3-2-4-6-16/h2-6,9-12,18,20-21H,7-8,13-15H2,1H3,(H,24,26)/t20-,21-/m0/s1. The predicted molar refractivity (Wildman–Crippen MR) is 107 cm³/mol. The van der Waals surface area contributed by atoms with E-state index < -0.39 is 0 Å². The van der Waals surface area contributed by atoms with Crippen LogP contribution in [0.1, 0.15) is 29.9 Å². The van der Waals surface area contributed by atoms with Crippen molar-refractivity contribution in [3.8, 4) is 5.75 Å². The van der Waals surface area contributed by atoms with Crippen LogP contribution in [0.4, 0.5) is 0 Å². The number of hydrogen-bond acceptors (Lipinski definition) is 3. The first kappa shape index (κ1) is 18.5. The highest BCUT2D eigenvalue weighted by atomic mass is 16.5. The quantitative estimate of drug-likeness (QED) is 0.841. The SMILES string of the molecule is COc1ccc([C@@H]2CN(C(=O)C3CC3)C[C@@H]2C(=O)NCc2ccccc2)cc1. The van der Waals surface area contributed by atoms with Crippen molar-refractivity contribution in [3.05, 3.63) is 65.7 Å². The lowest BCUT2D eigenvalue weighted by Gasteiger charge is -2.18. The molecule has 1 N–H and O–H groups in total. The highest BCUT2D eigenvalue weighted by Gasteiger charge is 2.43. The maximum Gasteiger partial charge on any atom is 0.225 e. The Morgan fingerprint density at radius 2 is 1.75 bits per heavy atom. The van der Waals surface area contributed by atoms with Crippen molar-refractivity contribution in [3.63, 3.8) is 0 Å². The largest absolute Gasteiger partial charge is 0.497 e. The summed E-state index contributed by atoms with van der Waals surface area (Å²) in [5.74, 6) is 0.942. The minimum Gasteiger partial charge on any atom is -0.497 e. The van der Waals surface area contributed by atoms with E-state index in [4.69, 9.17) is 4.74 Å². The smallest absolute Gasteiger partial charge is 0.225 e. The number of likely N-dealkylation sites (tertiary alicyclic amines) is 1. The van der Waals surface area contributed by atoms with Gasteiger partial charge in [-0.2, -0.15) is 0 Å². The second-order valence-electron chi connectivity index (χ2n) is 7.71. The Kier molecular flexibility index (Phi) is 5.33. The van der Waals surface area contributed by atoms with Gasteiger partial charge in [-0.1, -0.05) is 42.5 Å². The molecular formula is C23H26N2O3. The van der Waals surface area contributed by atoms with Gasteiger partial charge in [-0.05, 0) is 36.1 Å². The summed E-state index contributed by atoms with van der Waals surface area (Å²) in [5.41, 5.74) is 2.15. The predicted octanol–water partition coefficient (Wildman–Crippen LogP) is 2.96. The second-order valence-corrected chi connectivity index (χ2v) is 7.71. The van der Waals surface area contributed by atoms with Gasteiger partial charge in [0, 0.05) is 31.5 Å². The molecule has 0 aromatic heterocycles. The molecule has 2 amide bonds. The zero-order valence-electron chi connectivity index (χ0n) is 16.1. The van der Waals surface area contributed by atoms with E-state index in [1.807, 2.05) is 59.5 Å². The molecule has 2 fully saturated rings. The van der Waals surface area contributed by atoms with Crippen molar-refractivity contribution in [1.82, 2.24) is 10.2 Å². The Bertz CT molecular complexity index is 831. The van der Waals surface area contributed by atoms with Crippen LogP contribution in [-0.4, -0.2) is 36.9 Å². The van der Waals surface area contributed by atoms with Gasteiger partial charge in [0.1, 0.15) is 5.75 Å². The third-order valence-corrected chi connectivity index (χ3v) is 5.75. The molecule has 2 aromatic carbocycles. The minimum absolute atomic E-state index is 0.00406. The molecule has 5 nitrogen and oxygen atoms in total. The first-order chi connectivity index (χ1) is 13.7. The maximum absolute atomic E-state index is 13.0. The maximum atomic E-state index is 13.0. The van der Waals surface area contributed by atoms with Crippen LogP contribution in [-0.2, 0) is 16.1 Å². The van der Waals surface area contributed by atoms with Gasteiger partial charge >= 0.3 is 0 Å². The topological polar surface area (TPSA) is 58.6 Å². The summed E-state index contributed by atoms with van der Waals surface area (Å²) < 4.78 is 5.25. The highest BCUT2D eigenvalue weighted by molar-refractivity contribution is 5.85. The molecule has 0 unspecified atom stereocenters. The van der Waals surface area contributed by atoms with E-state index in [0.29, 0.717) is 19.6 Å². The monoisotopic (exact) mass is 378 g/mol. The molecule has 1 saturated heterocycles. The van der Waals surface area contributed by atoms with E-state index in [-0.39, 0.29) is 29.6 Å². The molecule has 146 valence electrons. The first-order valence-electron chi connectivity index (χ1n) is 9.90. The lowest BCUT2D eigenvalue weighted by Crippen LogP contribution is -2.35. The molecule has 2 aliphatic rings. The normalized spacial score (nSPS) is 21.4. The van der Waals surface area contributed by atoms with Crippen LogP contribution in [0.2, 0.25) is 0 Å². The number of carbonyl (C=O) groups excluding carboxylic acids is 2.